The number of nitrogens with zero attached hydrogens (tertiary/aromatic N) is 5. The van der Waals surface area contributed by atoms with Gasteiger partial charge < -0.3 is 0 Å². The van der Waals surface area contributed by atoms with Gasteiger partial charge in [-0.25, -0.2) is 9.97 Å². The minimum Gasteiger partial charge on any atom is -0.294 e. The number of hydrogen-bond acceptors (Lipinski definition) is 4. The van der Waals surface area contributed by atoms with Crippen molar-refractivity contribution in [3.8, 4) is 11.4 Å². The maximum Gasteiger partial charge on any atom is 0.159 e. The van der Waals surface area contributed by atoms with E-state index in [0.29, 0.717) is 0 Å². The Kier molecular flexibility index (Phi) is 5.21. The first-order valence-corrected chi connectivity index (χ1v) is 10.5. The fourth-order valence-electron chi connectivity index (χ4n) is 4.03. The number of halogens is 1. The highest BCUT2D eigenvalue weighted by atomic mass is 35.5. The SMILES string of the molecule is Cc1nn(C(C)(C)C)c(C)c1CN1CCc2nc(-c3ccc(Cl)cc3)ncc2C1. The van der Waals surface area contributed by atoms with E-state index in [1.165, 1.54) is 16.8 Å². The molecule has 5 nitrogen and oxygen atoms in total. The lowest BCUT2D eigenvalue weighted by Gasteiger charge is -2.28. The summed E-state index contributed by atoms with van der Waals surface area (Å²) in [6, 6.07) is 7.70. The van der Waals surface area contributed by atoms with Crippen molar-refractivity contribution in [3.63, 3.8) is 0 Å². The summed E-state index contributed by atoms with van der Waals surface area (Å²) < 4.78 is 2.15. The molecule has 0 atom stereocenters. The molecule has 1 aromatic carbocycles. The quantitative estimate of drug-likeness (QED) is 0.615. The molecule has 0 amide bonds. The third-order valence-electron chi connectivity index (χ3n) is 5.57. The van der Waals surface area contributed by atoms with Crippen molar-refractivity contribution in [2.75, 3.05) is 6.54 Å². The summed E-state index contributed by atoms with van der Waals surface area (Å²) >= 11 is 5.99. The Morgan fingerprint density at radius 2 is 1.83 bits per heavy atom. The second-order valence-electron chi connectivity index (χ2n) is 8.87. The fraction of sp³-hybridized carbons (Fsp3) is 0.435. The van der Waals surface area contributed by atoms with Gasteiger partial charge in [0.2, 0.25) is 0 Å². The highest BCUT2D eigenvalue weighted by Crippen LogP contribution is 2.26. The molecule has 0 saturated carbocycles. The van der Waals surface area contributed by atoms with Crippen LogP contribution >= 0.6 is 11.6 Å². The normalized spacial score (nSPS) is 14.8. The van der Waals surface area contributed by atoms with Gasteiger partial charge in [0.05, 0.1) is 16.9 Å². The molecule has 0 bridgehead atoms. The molecule has 29 heavy (non-hydrogen) atoms. The van der Waals surface area contributed by atoms with Crippen molar-refractivity contribution >= 4 is 11.6 Å². The topological polar surface area (TPSA) is 46.8 Å². The zero-order chi connectivity index (χ0) is 20.8. The summed E-state index contributed by atoms with van der Waals surface area (Å²) in [5.41, 5.74) is 7.08. The lowest BCUT2D eigenvalue weighted by molar-refractivity contribution is 0.241. The Hall–Kier alpha value is -2.24. The lowest BCUT2D eigenvalue weighted by Crippen LogP contribution is -2.31. The van der Waals surface area contributed by atoms with Gasteiger partial charge in [-0.15, -0.1) is 0 Å². The van der Waals surface area contributed by atoms with Crippen LogP contribution in [0.5, 0.6) is 0 Å². The van der Waals surface area contributed by atoms with E-state index in [2.05, 4.69) is 49.2 Å². The average Bonchev–Trinajstić information content (AvgIpc) is 2.97. The van der Waals surface area contributed by atoms with Crippen LogP contribution in [0.1, 0.15) is 49.0 Å². The molecule has 0 spiro atoms. The minimum absolute atomic E-state index is 0.00645. The summed E-state index contributed by atoms with van der Waals surface area (Å²) in [6.07, 6.45) is 2.92. The maximum atomic E-state index is 5.99. The van der Waals surface area contributed by atoms with E-state index in [0.717, 1.165) is 53.9 Å². The molecule has 3 heterocycles. The highest BCUT2D eigenvalue weighted by molar-refractivity contribution is 6.30. The molecule has 0 unspecified atom stereocenters. The van der Waals surface area contributed by atoms with Crippen molar-refractivity contribution in [2.24, 2.45) is 0 Å². The summed E-state index contributed by atoms with van der Waals surface area (Å²) in [5, 5.41) is 5.52. The van der Waals surface area contributed by atoms with E-state index in [9.17, 15) is 0 Å². The number of rotatable bonds is 3. The standard InChI is InChI=1S/C23H28ClN5/c1-15-20(16(2)29(27-15)23(3,4)5)14-28-11-10-21-18(13-28)12-25-22(26-21)17-6-8-19(24)9-7-17/h6-9,12H,10-11,13-14H2,1-5H3. The summed E-state index contributed by atoms with van der Waals surface area (Å²) in [5.74, 6) is 0.770. The monoisotopic (exact) mass is 409 g/mol. The second kappa shape index (κ2) is 7.54. The molecule has 0 radical (unpaired) electrons. The highest BCUT2D eigenvalue weighted by Gasteiger charge is 2.24. The predicted molar refractivity (Wildman–Crippen MR) is 117 cm³/mol. The van der Waals surface area contributed by atoms with Crippen LogP contribution in [0, 0.1) is 13.8 Å². The molecular formula is C23H28ClN5. The van der Waals surface area contributed by atoms with Gasteiger partial charge in [-0.3, -0.25) is 9.58 Å². The number of benzene rings is 1. The molecule has 0 saturated heterocycles. The third kappa shape index (κ3) is 4.07. The van der Waals surface area contributed by atoms with Gasteiger partial charge in [0, 0.05) is 59.7 Å². The Bertz CT molecular complexity index is 1030. The molecule has 4 rings (SSSR count). The maximum absolute atomic E-state index is 5.99. The van der Waals surface area contributed by atoms with E-state index >= 15 is 0 Å². The summed E-state index contributed by atoms with van der Waals surface area (Å²) in [6.45, 7) is 13.7. The predicted octanol–water partition coefficient (Wildman–Crippen LogP) is 4.92. The summed E-state index contributed by atoms with van der Waals surface area (Å²) in [7, 11) is 0. The zero-order valence-corrected chi connectivity index (χ0v) is 18.6. The third-order valence-corrected chi connectivity index (χ3v) is 5.83. The molecule has 1 aliphatic rings. The van der Waals surface area contributed by atoms with Gasteiger partial charge in [-0.1, -0.05) is 11.6 Å². The van der Waals surface area contributed by atoms with Crippen LogP contribution < -0.4 is 0 Å². The molecule has 0 fully saturated rings. The lowest BCUT2D eigenvalue weighted by atomic mass is 10.0. The number of aryl methyl sites for hydroxylation is 1. The Balaban J connectivity index is 1.53. The van der Waals surface area contributed by atoms with Crippen LogP contribution in [0.25, 0.3) is 11.4 Å². The first kappa shape index (κ1) is 20.0. The van der Waals surface area contributed by atoms with Gasteiger partial charge in [0.15, 0.2) is 5.82 Å². The molecule has 0 aliphatic carbocycles. The molecule has 3 aromatic rings. The molecule has 2 aromatic heterocycles. The number of hydrogen-bond donors (Lipinski definition) is 0. The number of aromatic nitrogens is 4. The smallest absolute Gasteiger partial charge is 0.159 e. The van der Waals surface area contributed by atoms with Crippen LogP contribution in [0.15, 0.2) is 30.5 Å². The van der Waals surface area contributed by atoms with Crippen molar-refractivity contribution in [2.45, 2.75) is 59.7 Å². The first-order chi connectivity index (χ1) is 13.7. The van der Waals surface area contributed by atoms with Gasteiger partial charge in [0.1, 0.15) is 0 Å². The molecular weight excluding hydrogens is 382 g/mol. The first-order valence-electron chi connectivity index (χ1n) is 10.1. The Morgan fingerprint density at radius 3 is 2.48 bits per heavy atom. The van der Waals surface area contributed by atoms with E-state index < -0.39 is 0 Å². The Morgan fingerprint density at radius 1 is 1.10 bits per heavy atom. The largest absolute Gasteiger partial charge is 0.294 e. The zero-order valence-electron chi connectivity index (χ0n) is 17.8. The summed E-state index contributed by atoms with van der Waals surface area (Å²) in [4.78, 5) is 11.9. The van der Waals surface area contributed by atoms with E-state index in [-0.39, 0.29) is 5.54 Å². The van der Waals surface area contributed by atoms with Crippen molar-refractivity contribution < 1.29 is 0 Å². The van der Waals surface area contributed by atoms with Crippen LogP contribution in [0.2, 0.25) is 5.02 Å². The molecule has 1 aliphatic heterocycles. The van der Waals surface area contributed by atoms with E-state index in [4.69, 9.17) is 21.7 Å². The van der Waals surface area contributed by atoms with E-state index in [1.54, 1.807) is 0 Å². The van der Waals surface area contributed by atoms with Crippen molar-refractivity contribution in [1.82, 2.24) is 24.6 Å². The van der Waals surface area contributed by atoms with Gasteiger partial charge in [-0.05, 0) is 58.9 Å². The molecule has 6 heteroatoms. The van der Waals surface area contributed by atoms with E-state index in [1.807, 2.05) is 30.5 Å². The average molecular weight is 410 g/mol. The van der Waals surface area contributed by atoms with Gasteiger partial charge in [-0.2, -0.15) is 5.10 Å². The fourth-order valence-corrected chi connectivity index (χ4v) is 4.15. The van der Waals surface area contributed by atoms with Crippen LogP contribution in [0.4, 0.5) is 0 Å². The van der Waals surface area contributed by atoms with Crippen LogP contribution in [0.3, 0.4) is 0 Å². The van der Waals surface area contributed by atoms with Crippen molar-refractivity contribution in [1.29, 1.82) is 0 Å². The minimum atomic E-state index is -0.00645. The molecule has 152 valence electrons. The van der Waals surface area contributed by atoms with Crippen LogP contribution in [-0.4, -0.2) is 31.2 Å². The van der Waals surface area contributed by atoms with Gasteiger partial charge in [0.25, 0.3) is 0 Å². The van der Waals surface area contributed by atoms with Crippen molar-refractivity contribution in [3.05, 3.63) is 63.7 Å². The molecule has 0 N–H and O–H groups in total. The van der Waals surface area contributed by atoms with Crippen LogP contribution in [-0.2, 0) is 25.0 Å². The van der Waals surface area contributed by atoms with Gasteiger partial charge >= 0.3 is 0 Å². The Labute approximate surface area is 177 Å². The number of fused-ring (bicyclic) bond motifs is 1. The second-order valence-corrected chi connectivity index (χ2v) is 9.30.